The molecule has 18 heavy (non-hydrogen) atoms. The molecule has 0 aromatic carbocycles. The molecule has 0 spiro atoms. The predicted molar refractivity (Wildman–Crippen MR) is 74.9 cm³/mol. The number of hydrogen-bond acceptors (Lipinski definition) is 5. The summed E-state index contributed by atoms with van der Waals surface area (Å²) in [6, 6.07) is 0.405. The van der Waals surface area contributed by atoms with Crippen LogP contribution in [0.5, 0.6) is 0 Å². The number of aromatic nitrogens is 2. The molecule has 1 saturated heterocycles. The summed E-state index contributed by atoms with van der Waals surface area (Å²) in [5, 5.41) is 0. The van der Waals surface area contributed by atoms with Gasteiger partial charge in [-0.25, -0.2) is 4.98 Å². The lowest BCUT2D eigenvalue weighted by Gasteiger charge is -2.38. The van der Waals surface area contributed by atoms with Crippen LogP contribution in [0.4, 0.5) is 5.82 Å². The molecule has 1 aromatic heterocycles. The summed E-state index contributed by atoms with van der Waals surface area (Å²) in [6.07, 6.45) is 1.44. The van der Waals surface area contributed by atoms with Gasteiger partial charge in [-0.3, -0.25) is 9.69 Å². The number of H-pyrrole nitrogens is 1. The van der Waals surface area contributed by atoms with Crippen molar-refractivity contribution in [1.29, 1.82) is 0 Å². The number of hydrogen-bond donors (Lipinski definition) is 2. The summed E-state index contributed by atoms with van der Waals surface area (Å²) in [5.74, 6) is 0.721. The third-order valence-electron chi connectivity index (χ3n) is 3.36. The van der Waals surface area contributed by atoms with Crippen molar-refractivity contribution in [3.8, 4) is 0 Å². The minimum atomic E-state index is -0.141. The van der Waals surface area contributed by atoms with Crippen LogP contribution in [-0.2, 0) is 0 Å². The standard InChI is InChI=1S/C11H18BrN5O/c1-8(6-13)16-2-4-17(5-3-16)10-9(12)11(18)15-7-14-10/h7-8H,2-6,13H2,1H3,(H,14,15,18). The zero-order valence-electron chi connectivity index (χ0n) is 10.4. The third kappa shape index (κ3) is 2.73. The molecule has 100 valence electrons. The molecular weight excluding hydrogens is 298 g/mol. The summed E-state index contributed by atoms with van der Waals surface area (Å²) in [6.45, 7) is 6.42. The minimum absolute atomic E-state index is 0.141. The number of nitrogens with two attached hydrogens (primary N) is 1. The van der Waals surface area contributed by atoms with Crippen LogP contribution < -0.4 is 16.2 Å². The molecule has 0 radical (unpaired) electrons. The number of halogens is 1. The Morgan fingerprint density at radius 1 is 1.50 bits per heavy atom. The second kappa shape index (κ2) is 5.81. The van der Waals surface area contributed by atoms with E-state index in [4.69, 9.17) is 5.73 Å². The highest BCUT2D eigenvalue weighted by Gasteiger charge is 2.22. The van der Waals surface area contributed by atoms with Gasteiger partial charge in [0.05, 0.1) is 6.33 Å². The predicted octanol–water partition coefficient (Wildman–Crippen LogP) is 0.00160. The molecule has 2 rings (SSSR count). The quantitative estimate of drug-likeness (QED) is 0.821. The van der Waals surface area contributed by atoms with Crippen molar-refractivity contribution in [1.82, 2.24) is 14.9 Å². The Bertz CT molecular complexity index is 455. The van der Waals surface area contributed by atoms with Gasteiger partial charge in [0, 0.05) is 38.8 Å². The smallest absolute Gasteiger partial charge is 0.267 e. The molecule has 0 amide bonds. The summed E-state index contributed by atoms with van der Waals surface area (Å²) in [4.78, 5) is 22.8. The molecular formula is C11H18BrN5O. The van der Waals surface area contributed by atoms with E-state index in [0.29, 0.717) is 17.1 Å². The van der Waals surface area contributed by atoms with Gasteiger partial charge in [-0.05, 0) is 22.9 Å². The average Bonchev–Trinajstić information content (AvgIpc) is 2.41. The average molecular weight is 316 g/mol. The zero-order valence-corrected chi connectivity index (χ0v) is 12.0. The molecule has 6 nitrogen and oxygen atoms in total. The topological polar surface area (TPSA) is 78.2 Å². The Hall–Kier alpha value is -0.920. The third-order valence-corrected chi connectivity index (χ3v) is 4.07. The Morgan fingerprint density at radius 3 is 2.78 bits per heavy atom. The molecule has 3 N–H and O–H groups in total. The second-order valence-electron chi connectivity index (χ2n) is 4.48. The van der Waals surface area contributed by atoms with Crippen LogP contribution in [0.25, 0.3) is 0 Å². The van der Waals surface area contributed by atoms with Crippen LogP contribution in [-0.4, -0.2) is 53.6 Å². The molecule has 0 aliphatic carbocycles. The fraction of sp³-hybridized carbons (Fsp3) is 0.636. The monoisotopic (exact) mass is 315 g/mol. The van der Waals surface area contributed by atoms with E-state index >= 15 is 0 Å². The maximum Gasteiger partial charge on any atom is 0.267 e. The van der Waals surface area contributed by atoms with Crippen LogP contribution in [0.3, 0.4) is 0 Å². The highest BCUT2D eigenvalue weighted by Crippen LogP contribution is 2.20. The van der Waals surface area contributed by atoms with E-state index in [1.807, 2.05) is 0 Å². The van der Waals surface area contributed by atoms with E-state index in [2.05, 4.69) is 42.6 Å². The number of rotatable bonds is 3. The van der Waals surface area contributed by atoms with Crippen LogP contribution in [0.15, 0.2) is 15.6 Å². The maximum absolute atomic E-state index is 11.5. The fourth-order valence-corrected chi connectivity index (χ4v) is 2.59. The van der Waals surface area contributed by atoms with E-state index in [9.17, 15) is 4.79 Å². The highest BCUT2D eigenvalue weighted by molar-refractivity contribution is 9.10. The first-order valence-corrected chi connectivity index (χ1v) is 6.85. The molecule has 1 aliphatic heterocycles. The Morgan fingerprint density at radius 2 is 2.17 bits per heavy atom. The lowest BCUT2D eigenvalue weighted by molar-refractivity contribution is 0.201. The number of aromatic amines is 1. The van der Waals surface area contributed by atoms with Gasteiger partial charge in [0.25, 0.3) is 5.56 Å². The first-order valence-electron chi connectivity index (χ1n) is 6.05. The normalized spacial score (nSPS) is 18.9. The first-order chi connectivity index (χ1) is 8.63. The van der Waals surface area contributed by atoms with Gasteiger partial charge in [-0.1, -0.05) is 0 Å². The van der Waals surface area contributed by atoms with E-state index in [1.165, 1.54) is 6.33 Å². The van der Waals surface area contributed by atoms with Crippen molar-refractivity contribution >= 4 is 21.7 Å². The van der Waals surface area contributed by atoms with Gasteiger partial charge in [-0.15, -0.1) is 0 Å². The van der Waals surface area contributed by atoms with Crippen molar-refractivity contribution in [3.63, 3.8) is 0 Å². The summed E-state index contributed by atoms with van der Waals surface area (Å²) in [5.41, 5.74) is 5.53. The summed E-state index contributed by atoms with van der Waals surface area (Å²) < 4.78 is 0.505. The molecule has 2 heterocycles. The number of nitrogens with one attached hydrogen (secondary N) is 1. The van der Waals surface area contributed by atoms with Crippen LogP contribution >= 0.6 is 15.9 Å². The molecule has 1 unspecified atom stereocenters. The lowest BCUT2D eigenvalue weighted by atomic mass is 10.2. The fourth-order valence-electron chi connectivity index (χ4n) is 2.12. The van der Waals surface area contributed by atoms with Crippen molar-refractivity contribution in [2.75, 3.05) is 37.6 Å². The second-order valence-corrected chi connectivity index (χ2v) is 5.27. The van der Waals surface area contributed by atoms with Crippen LogP contribution in [0, 0.1) is 0 Å². The molecule has 0 saturated carbocycles. The largest absolute Gasteiger partial charge is 0.353 e. The van der Waals surface area contributed by atoms with E-state index in [0.717, 1.165) is 32.0 Å². The van der Waals surface area contributed by atoms with Gasteiger partial charge in [-0.2, -0.15) is 0 Å². The zero-order chi connectivity index (χ0) is 13.1. The minimum Gasteiger partial charge on any atom is -0.353 e. The molecule has 1 fully saturated rings. The van der Waals surface area contributed by atoms with Gasteiger partial charge in [0.2, 0.25) is 0 Å². The Kier molecular flexibility index (Phi) is 4.36. The summed E-state index contributed by atoms with van der Waals surface area (Å²) in [7, 11) is 0. The van der Waals surface area contributed by atoms with Gasteiger partial charge in [0.15, 0.2) is 0 Å². The number of nitrogens with zero attached hydrogens (tertiary/aromatic N) is 3. The molecule has 1 aromatic rings. The first kappa shape index (κ1) is 13.5. The Balaban J connectivity index is 2.06. The number of anilines is 1. The van der Waals surface area contributed by atoms with Crippen molar-refractivity contribution in [2.45, 2.75) is 13.0 Å². The van der Waals surface area contributed by atoms with Crippen molar-refractivity contribution in [2.24, 2.45) is 5.73 Å². The maximum atomic E-state index is 11.5. The lowest BCUT2D eigenvalue weighted by Crippen LogP contribution is -2.51. The number of piperazine rings is 1. The Labute approximate surface area is 114 Å². The summed E-state index contributed by atoms with van der Waals surface area (Å²) >= 11 is 3.29. The molecule has 7 heteroatoms. The van der Waals surface area contributed by atoms with E-state index < -0.39 is 0 Å². The molecule has 1 aliphatic rings. The van der Waals surface area contributed by atoms with Gasteiger partial charge < -0.3 is 15.6 Å². The van der Waals surface area contributed by atoms with Gasteiger partial charge in [0.1, 0.15) is 10.3 Å². The highest BCUT2D eigenvalue weighted by atomic mass is 79.9. The SMILES string of the molecule is CC(CN)N1CCN(c2nc[nH]c(=O)c2Br)CC1. The molecule has 0 bridgehead atoms. The van der Waals surface area contributed by atoms with Gasteiger partial charge >= 0.3 is 0 Å². The van der Waals surface area contributed by atoms with Crippen LogP contribution in [0.1, 0.15) is 6.92 Å². The van der Waals surface area contributed by atoms with Crippen molar-refractivity contribution in [3.05, 3.63) is 21.2 Å². The van der Waals surface area contributed by atoms with E-state index in [1.54, 1.807) is 0 Å². The van der Waals surface area contributed by atoms with Crippen LogP contribution in [0.2, 0.25) is 0 Å². The van der Waals surface area contributed by atoms with Crippen molar-refractivity contribution < 1.29 is 0 Å². The molecule has 1 atom stereocenters. The van der Waals surface area contributed by atoms with E-state index in [-0.39, 0.29) is 5.56 Å².